The monoisotopic (exact) mass is 278 g/mol. The lowest BCUT2D eigenvalue weighted by molar-refractivity contribution is 0.483. The molecule has 0 aliphatic heterocycles. The molecule has 1 heterocycles. The zero-order valence-electron chi connectivity index (χ0n) is 13.7. The van der Waals surface area contributed by atoms with Crippen LogP contribution >= 0.6 is 0 Å². The Balaban J connectivity index is 2.84. The topological polar surface area (TPSA) is 49.8 Å². The molecule has 1 aromatic rings. The first-order chi connectivity index (χ1) is 9.62. The lowest BCUT2D eigenvalue weighted by Gasteiger charge is -2.21. The van der Waals surface area contributed by atoms with Crippen LogP contribution in [0.4, 0.5) is 11.6 Å². The zero-order chi connectivity index (χ0) is 15.0. The average molecular weight is 278 g/mol. The minimum absolute atomic E-state index is 0.435. The predicted octanol–water partition coefficient (Wildman–Crippen LogP) is 4.10. The fourth-order valence-electron chi connectivity index (χ4n) is 2.41. The number of nitrogens with one attached hydrogen (secondary N) is 2. The third-order valence-electron chi connectivity index (χ3n) is 3.63. The molecule has 0 radical (unpaired) electrons. The molecular weight excluding hydrogens is 248 g/mol. The van der Waals surface area contributed by atoms with E-state index in [1.165, 1.54) is 18.4 Å². The molecule has 0 aliphatic carbocycles. The van der Waals surface area contributed by atoms with E-state index in [-0.39, 0.29) is 0 Å². The Labute approximate surface area is 123 Å². The highest BCUT2D eigenvalue weighted by Gasteiger charge is 2.13. The van der Waals surface area contributed by atoms with Crippen molar-refractivity contribution < 1.29 is 0 Å². The van der Waals surface area contributed by atoms with Gasteiger partial charge in [0.05, 0.1) is 0 Å². The third kappa shape index (κ3) is 4.99. The van der Waals surface area contributed by atoms with Crippen LogP contribution in [-0.4, -0.2) is 22.6 Å². The summed E-state index contributed by atoms with van der Waals surface area (Å²) < 4.78 is 0. The quantitative estimate of drug-likeness (QED) is 0.714. The van der Waals surface area contributed by atoms with Crippen LogP contribution in [0.2, 0.25) is 0 Å². The van der Waals surface area contributed by atoms with E-state index in [1.54, 1.807) is 6.33 Å². The van der Waals surface area contributed by atoms with Crippen LogP contribution in [0.1, 0.15) is 59.4 Å². The van der Waals surface area contributed by atoms with Crippen molar-refractivity contribution in [2.24, 2.45) is 5.92 Å². The van der Waals surface area contributed by atoms with Crippen LogP contribution < -0.4 is 10.6 Å². The van der Waals surface area contributed by atoms with Gasteiger partial charge in [0, 0.05) is 18.2 Å². The predicted molar refractivity (Wildman–Crippen MR) is 87.3 cm³/mol. The van der Waals surface area contributed by atoms with Crippen molar-refractivity contribution in [1.82, 2.24) is 9.97 Å². The Morgan fingerprint density at radius 2 is 1.80 bits per heavy atom. The van der Waals surface area contributed by atoms with Crippen molar-refractivity contribution in [3.8, 4) is 0 Å². The number of aromatic nitrogens is 2. The van der Waals surface area contributed by atoms with Crippen molar-refractivity contribution >= 4 is 11.6 Å². The Kier molecular flexibility index (Phi) is 7.34. The van der Waals surface area contributed by atoms with Gasteiger partial charge in [-0.2, -0.15) is 0 Å². The van der Waals surface area contributed by atoms with E-state index in [0.29, 0.717) is 6.04 Å². The summed E-state index contributed by atoms with van der Waals surface area (Å²) in [5, 5.41) is 6.90. The van der Waals surface area contributed by atoms with Gasteiger partial charge in [-0.3, -0.25) is 0 Å². The van der Waals surface area contributed by atoms with Gasteiger partial charge in [-0.15, -0.1) is 0 Å². The summed E-state index contributed by atoms with van der Waals surface area (Å²) >= 11 is 0. The Morgan fingerprint density at radius 3 is 2.40 bits per heavy atom. The average Bonchev–Trinajstić information content (AvgIpc) is 2.42. The highest BCUT2D eigenvalue weighted by atomic mass is 15.1. The maximum atomic E-state index is 4.45. The molecule has 4 nitrogen and oxygen atoms in total. The number of hydrogen-bond acceptors (Lipinski definition) is 4. The SMILES string of the molecule is CCCc1c(NCC)ncnc1NC(C)CC(C)CC. The molecule has 0 bridgehead atoms. The Morgan fingerprint density at radius 1 is 1.10 bits per heavy atom. The fraction of sp³-hybridized carbons (Fsp3) is 0.750. The summed E-state index contributed by atoms with van der Waals surface area (Å²) in [6, 6.07) is 0.435. The molecule has 0 amide bonds. The van der Waals surface area contributed by atoms with Crippen molar-refractivity contribution in [1.29, 1.82) is 0 Å². The van der Waals surface area contributed by atoms with E-state index in [4.69, 9.17) is 0 Å². The Hall–Kier alpha value is -1.32. The summed E-state index contributed by atoms with van der Waals surface area (Å²) in [5.74, 6) is 2.71. The van der Waals surface area contributed by atoms with Crippen LogP contribution in [0.25, 0.3) is 0 Å². The van der Waals surface area contributed by atoms with Crippen LogP contribution in [0.15, 0.2) is 6.33 Å². The molecule has 2 unspecified atom stereocenters. The first-order valence-corrected chi connectivity index (χ1v) is 7.96. The molecule has 4 heteroatoms. The number of nitrogens with zero attached hydrogens (tertiary/aromatic N) is 2. The maximum Gasteiger partial charge on any atom is 0.134 e. The van der Waals surface area contributed by atoms with Gasteiger partial charge in [-0.25, -0.2) is 9.97 Å². The summed E-state index contributed by atoms with van der Waals surface area (Å²) in [6.45, 7) is 11.9. The molecule has 0 spiro atoms. The van der Waals surface area contributed by atoms with E-state index in [2.05, 4.69) is 55.2 Å². The summed E-state index contributed by atoms with van der Waals surface area (Å²) in [4.78, 5) is 8.82. The summed E-state index contributed by atoms with van der Waals surface area (Å²) in [7, 11) is 0. The molecule has 1 rings (SSSR count). The molecule has 0 aromatic carbocycles. The highest BCUT2D eigenvalue weighted by molar-refractivity contribution is 5.57. The molecule has 0 aliphatic rings. The molecule has 0 saturated heterocycles. The second-order valence-corrected chi connectivity index (χ2v) is 5.62. The number of rotatable bonds is 9. The first-order valence-electron chi connectivity index (χ1n) is 7.96. The molecule has 2 atom stereocenters. The standard InChI is InChI=1S/C16H30N4/c1-6-9-14-15(17-8-3)18-11-19-16(14)20-13(5)10-12(4)7-2/h11-13H,6-10H2,1-5H3,(H2,17,18,19,20). The molecule has 2 N–H and O–H groups in total. The first kappa shape index (κ1) is 16.7. The lowest BCUT2D eigenvalue weighted by atomic mass is 10.00. The minimum Gasteiger partial charge on any atom is -0.370 e. The molecule has 0 saturated carbocycles. The second kappa shape index (κ2) is 8.77. The molecule has 20 heavy (non-hydrogen) atoms. The van der Waals surface area contributed by atoms with Gasteiger partial charge in [-0.1, -0.05) is 33.6 Å². The number of hydrogen-bond donors (Lipinski definition) is 2. The van der Waals surface area contributed by atoms with Crippen LogP contribution in [0, 0.1) is 5.92 Å². The summed E-state index contributed by atoms with van der Waals surface area (Å²) in [6.07, 6.45) is 6.14. The van der Waals surface area contributed by atoms with Crippen LogP contribution in [-0.2, 0) is 6.42 Å². The van der Waals surface area contributed by atoms with E-state index < -0.39 is 0 Å². The summed E-state index contributed by atoms with van der Waals surface area (Å²) in [5.41, 5.74) is 1.22. The molecular formula is C16H30N4. The second-order valence-electron chi connectivity index (χ2n) is 5.62. The van der Waals surface area contributed by atoms with E-state index in [0.717, 1.165) is 36.9 Å². The zero-order valence-corrected chi connectivity index (χ0v) is 13.7. The third-order valence-corrected chi connectivity index (χ3v) is 3.63. The van der Waals surface area contributed by atoms with Gasteiger partial charge in [0.25, 0.3) is 0 Å². The smallest absolute Gasteiger partial charge is 0.134 e. The molecule has 1 aromatic heterocycles. The van der Waals surface area contributed by atoms with Crippen LogP contribution in [0.3, 0.4) is 0 Å². The van der Waals surface area contributed by atoms with E-state index in [9.17, 15) is 0 Å². The normalized spacial score (nSPS) is 13.8. The van der Waals surface area contributed by atoms with Crippen molar-refractivity contribution in [2.75, 3.05) is 17.2 Å². The largest absolute Gasteiger partial charge is 0.370 e. The van der Waals surface area contributed by atoms with Gasteiger partial charge < -0.3 is 10.6 Å². The van der Waals surface area contributed by atoms with Gasteiger partial charge in [0.2, 0.25) is 0 Å². The lowest BCUT2D eigenvalue weighted by Crippen LogP contribution is -2.21. The maximum absolute atomic E-state index is 4.45. The highest BCUT2D eigenvalue weighted by Crippen LogP contribution is 2.23. The number of anilines is 2. The van der Waals surface area contributed by atoms with Crippen molar-refractivity contribution in [2.45, 2.75) is 66.3 Å². The van der Waals surface area contributed by atoms with Crippen molar-refractivity contribution in [3.63, 3.8) is 0 Å². The van der Waals surface area contributed by atoms with Gasteiger partial charge in [-0.05, 0) is 32.6 Å². The van der Waals surface area contributed by atoms with E-state index in [1.807, 2.05) is 0 Å². The van der Waals surface area contributed by atoms with Gasteiger partial charge in [0.1, 0.15) is 18.0 Å². The molecule has 0 fully saturated rings. The molecule has 114 valence electrons. The van der Waals surface area contributed by atoms with Crippen LogP contribution in [0.5, 0.6) is 0 Å². The Bertz CT molecular complexity index is 392. The van der Waals surface area contributed by atoms with Gasteiger partial charge in [0.15, 0.2) is 0 Å². The van der Waals surface area contributed by atoms with E-state index >= 15 is 0 Å². The fourth-order valence-corrected chi connectivity index (χ4v) is 2.41. The van der Waals surface area contributed by atoms with Gasteiger partial charge >= 0.3 is 0 Å². The minimum atomic E-state index is 0.435. The van der Waals surface area contributed by atoms with Crippen molar-refractivity contribution in [3.05, 3.63) is 11.9 Å².